The number of aryl methyl sites for hydroxylation is 1. The van der Waals surface area contributed by atoms with E-state index in [9.17, 15) is 4.79 Å². The SMILES string of the molecule is O=C(NCCCn1ccnn1)Nc1cnc(-c2ccccc2)nc1. The third-order valence-corrected chi connectivity index (χ3v) is 3.26. The second kappa shape index (κ2) is 7.82. The van der Waals surface area contributed by atoms with Gasteiger partial charge < -0.3 is 10.6 Å². The summed E-state index contributed by atoms with van der Waals surface area (Å²) in [5.41, 5.74) is 1.48. The van der Waals surface area contributed by atoms with E-state index in [2.05, 4.69) is 30.9 Å². The molecule has 122 valence electrons. The van der Waals surface area contributed by atoms with Crippen molar-refractivity contribution in [2.75, 3.05) is 11.9 Å². The number of carbonyl (C=O) groups is 1. The number of urea groups is 1. The first-order chi connectivity index (χ1) is 11.8. The van der Waals surface area contributed by atoms with Crippen LogP contribution < -0.4 is 10.6 Å². The van der Waals surface area contributed by atoms with Gasteiger partial charge in [0.2, 0.25) is 0 Å². The van der Waals surface area contributed by atoms with Crippen molar-refractivity contribution < 1.29 is 4.79 Å². The van der Waals surface area contributed by atoms with Gasteiger partial charge in [0.1, 0.15) is 0 Å². The summed E-state index contributed by atoms with van der Waals surface area (Å²) in [5.74, 6) is 0.620. The predicted octanol–water partition coefficient (Wildman–Crippen LogP) is 1.95. The Morgan fingerprint density at radius 1 is 1.12 bits per heavy atom. The summed E-state index contributed by atoms with van der Waals surface area (Å²) in [6, 6.07) is 9.38. The van der Waals surface area contributed by atoms with E-state index in [1.54, 1.807) is 29.5 Å². The van der Waals surface area contributed by atoms with Crippen LogP contribution in [0.3, 0.4) is 0 Å². The number of anilines is 1. The van der Waals surface area contributed by atoms with E-state index in [1.807, 2.05) is 30.3 Å². The summed E-state index contributed by atoms with van der Waals surface area (Å²) in [6.07, 6.45) is 7.35. The summed E-state index contributed by atoms with van der Waals surface area (Å²) in [4.78, 5) is 20.3. The molecule has 1 aromatic carbocycles. The predicted molar refractivity (Wildman–Crippen MR) is 89.1 cm³/mol. The maximum absolute atomic E-state index is 11.8. The van der Waals surface area contributed by atoms with Crippen molar-refractivity contribution in [2.45, 2.75) is 13.0 Å². The summed E-state index contributed by atoms with van der Waals surface area (Å²) in [6.45, 7) is 1.24. The molecule has 3 aromatic rings. The zero-order valence-electron chi connectivity index (χ0n) is 13.0. The lowest BCUT2D eigenvalue weighted by Gasteiger charge is -2.07. The zero-order valence-corrected chi connectivity index (χ0v) is 13.0. The Morgan fingerprint density at radius 2 is 1.92 bits per heavy atom. The number of benzene rings is 1. The number of nitrogens with zero attached hydrogens (tertiary/aromatic N) is 5. The van der Waals surface area contributed by atoms with Gasteiger partial charge in [-0.05, 0) is 6.42 Å². The highest BCUT2D eigenvalue weighted by molar-refractivity contribution is 5.88. The summed E-state index contributed by atoms with van der Waals surface area (Å²) < 4.78 is 1.72. The third kappa shape index (κ3) is 4.35. The van der Waals surface area contributed by atoms with Gasteiger partial charge in [0, 0.05) is 24.8 Å². The second-order valence-electron chi connectivity index (χ2n) is 5.06. The first kappa shape index (κ1) is 15.6. The zero-order chi connectivity index (χ0) is 16.6. The van der Waals surface area contributed by atoms with Crippen LogP contribution in [-0.4, -0.2) is 37.5 Å². The van der Waals surface area contributed by atoms with Crippen molar-refractivity contribution in [3.63, 3.8) is 0 Å². The Hall–Kier alpha value is -3.29. The number of hydrogen-bond donors (Lipinski definition) is 2. The van der Waals surface area contributed by atoms with Crippen LogP contribution in [0.15, 0.2) is 55.1 Å². The molecule has 0 unspecified atom stereocenters. The van der Waals surface area contributed by atoms with Crippen LogP contribution in [0.25, 0.3) is 11.4 Å². The van der Waals surface area contributed by atoms with Gasteiger partial charge >= 0.3 is 6.03 Å². The molecule has 2 heterocycles. The van der Waals surface area contributed by atoms with E-state index in [0.717, 1.165) is 12.0 Å². The number of aromatic nitrogens is 5. The van der Waals surface area contributed by atoms with Gasteiger partial charge in [0.15, 0.2) is 5.82 Å². The van der Waals surface area contributed by atoms with Crippen LogP contribution in [0.5, 0.6) is 0 Å². The van der Waals surface area contributed by atoms with Crippen molar-refractivity contribution in [2.24, 2.45) is 0 Å². The number of hydrogen-bond acceptors (Lipinski definition) is 5. The molecule has 2 amide bonds. The maximum atomic E-state index is 11.8. The molecule has 0 spiro atoms. The number of rotatable bonds is 6. The summed E-state index contributed by atoms with van der Waals surface area (Å²) >= 11 is 0. The first-order valence-electron chi connectivity index (χ1n) is 7.58. The van der Waals surface area contributed by atoms with Crippen molar-refractivity contribution >= 4 is 11.7 Å². The normalized spacial score (nSPS) is 10.3. The minimum Gasteiger partial charge on any atom is -0.338 e. The number of nitrogens with one attached hydrogen (secondary N) is 2. The Kier molecular flexibility index (Phi) is 5.08. The molecule has 0 bridgehead atoms. The van der Waals surface area contributed by atoms with Crippen LogP contribution in [0.1, 0.15) is 6.42 Å². The Balaban J connectivity index is 1.44. The largest absolute Gasteiger partial charge is 0.338 e. The Labute approximate surface area is 139 Å². The number of carbonyl (C=O) groups excluding carboxylic acids is 1. The Bertz CT molecular complexity index is 757. The molecule has 8 heteroatoms. The van der Waals surface area contributed by atoms with Crippen molar-refractivity contribution in [1.29, 1.82) is 0 Å². The fraction of sp³-hybridized carbons (Fsp3) is 0.188. The van der Waals surface area contributed by atoms with Crippen LogP contribution in [0.2, 0.25) is 0 Å². The molecule has 24 heavy (non-hydrogen) atoms. The van der Waals surface area contributed by atoms with E-state index in [0.29, 0.717) is 24.6 Å². The molecule has 0 saturated heterocycles. The van der Waals surface area contributed by atoms with Crippen LogP contribution in [0.4, 0.5) is 10.5 Å². The van der Waals surface area contributed by atoms with Crippen LogP contribution in [0, 0.1) is 0 Å². The lowest BCUT2D eigenvalue weighted by atomic mass is 10.2. The monoisotopic (exact) mass is 323 g/mol. The average molecular weight is 323 g/mol. The third-order valence-electron chi connectivity index (χ3n) is 3.26. The lowest BCUT2D eigenvalue weighted by Crippen LogP contribution is -2.30. The van der Waals surface area contributed by atoms with E-state index in [1.165, 1.54) is 0 Å². The molecule has 0 aliphatic heterocycles. The molecule has 2 aromatic heterocycles. The van der Waals surface area contributed by atoms with Gasteiger partial charge in [-0.25, -0.2) is 14.8 Å². The molecular weight excluding hydrogens is 306 g/mol. The highest BCUT2D eigenvalue weighted by atomic mass is 16.2. The smallest absolute Gasteiger partial charge is 0.319 e. The van der Waals surface area contributed by atoms with Gasteiger partial charge in [-0.1, -0.05) is 35.5 Å². The molecule has 8 nitrogen and oxygen atoms in total. The lowest BCUT2D eigenvalue weighted by molar-refractivity contribution is 0.251. The minimum atomic E-state index is -0.287. The molecule has 2 N–H and O–H groups in total. The van der Waals surface area contributed by atoms with Gasteiger partial charge in [-0.3, -0.25) is 4.68 Å². The van der Waals surface area contributed by atoms with E-state index >= 15 is 0 Å². The number of amides is 2. The molecule has 0 radical (unpaired) electrons. The maximum Gasteiger partial charge on any atom is 0.319 e. The molecular formula is C16H17N7O. The summed E-state index contributed by atoms with van der Waals surface area (Å²) in [7, 11) is 0. The van der Waals surface area contributed by atoms with Gasteiger partial charge in [0.05, 0.1) is 24.3 Å². The summed E-state index contributed by atoms with van der Waals surface area (Å²) in [5, 5.41) is 13.1. The van der Waals surface area contributed by atoms with Gasteiger partial charge in [0.25, 0.3) is 0 Å². The minimum absolute atomic E-state index is 0.287. The van der Waals surface area contributed by atoms with Crippen LogP contribution >= 0.6 is 0 Å². The van der Waals surface area contributed by atoms with E-state index in [-0.39, 0.29) is 6.03 Å². The van der Waals surface area contributed by atoms with Crippen LogP contribution in [-0.2, 0) is 6.54 Å². The molecule has 0 aliphatic rings. The molecule has 0 saturated carbocycles. The molecule has 3 rings (SSSR count). The van der Waals surface area contributed by atoms with Crippen molar-refractivity contribution in [3.8, 4) is 11.4 Å². The van der Waals surface area contributed by atoms with E-state index < -0.39 is 0 Å². The molecule has 0 fully saturated rings. The average Bonchev–Trinajstić information content (AvgIpc) is 3.14. The molecule has 0 aliphatic carbocycles. The highest BCUT2D eigenvalue weighted by Gasteiger charge is 2.04. The molecule has 0 atom stereocenters. The first-order valence-corrected chi connectivity index (χ1v) is 7.58. The highest BCUT2D eigenvalue weighted by Crippen LogP contribution is 2.14. The fourth-order valence-corrected chi connectivity index (χ4v) is 2.10. The van der Waals surface area contributed by atoms with Gasteiger partial charge in [-0.2, -0.15) is 0 Å². The quantitative estimate of drug-likeness (QED) is 0.676. The van der Waals surface area contributed by atoms with Crippen molar-refractivity contribution in [1.82, 2.24) is 30.3 Å². The second-order valence-corrected chi connectivity index (χ2v) is 5.06. The fourth-order valence-electron chi connectivity index (χ4n) is 2.10. The Morgan fingerprint density at radius 3 is 2.62 bits per heavy atom. The van der Waals surface area contributed by atoms with Crippen molar-refractivity contribution in [3.05, 3.63) is 55.1 Å². The topological polar surface area (TPSA) is 97.6 Å². The standard InChI is InChI=1S/C16H17N7O/c24-16(17-7-4-9-23-10-8-20-22-23)21-14-11-18-15(19-12-14)13-5-2-1-3-6-13/h1-3,5-6,8,10-12H,4,7,9H2,(H2,17,21,24). The van der Waals surface area contributed by atoms with E-state index in [4.69, 9.17) is 0 Å². The van der Waals surface area contributed by atoms with Gasteiger partial charge in [-0.15, -0.1) is 5.10 Å².